The monoisotopic (exact) mass is 252 g/mol. The van der Waals surface area contributed by atoms with Gasteiger partial charge in [-0.15, -0.1) is 12.3 Å². The van der Waals surface area contributed by atoms with Crippen LogP contribution in [-0.4, -0.2) is 11.7 Å². The zero-order chi connectivity index (χ0) is 13.5. The molecule has 0 saturated heterocycles. The van der Waals surface area contributed by atoms with Gasteiger partial charge < -0.3 is 9.84 Å². The molecule has 2 rings (SSSR count). The van der Waals surface area contributed by atoms with Crippen molar-refractivity contribution in [1.29, 1.82) is 0 Å². The Morgan fingerprint density at radius 1 is 1.11 bits per heavy atom. The van der Waals surface area contributed by atoms with Gasteiger partial charge in [0.25, 0.3) is 0 Å². The van der Waals surface area contributed by atoms with Crippen molar-refractivity contribution >= 4 is 0 Å². The van der Waals surface area contributed by atoms with E-state index in [9.17, 15) is 5.11 Å². The normalized spacial score (nSPS) is 9.84. The van der Waals surface area contributed by atoms with Gasteiger partial charge in [-0.25, -0.2) is 0 Å². The Bertz CT molecular complexity index is 568. The minimum atomic E-state index is 0.223. The quantitative estimate of drug-likeness (QED) is 0.647. The molecule has 0 bridgehead atoms. The topological polar surface area (TPSA) is 29.5 Å². The average Bonchev–Trinajstić information content (AvgIpc) is 2.45. The first-order valence-corrected chi connectivity index (χ1v) is 6.26. The highest BCUT2D eigenvalue weighted by molar-refractivity contribution is 5.70. The van der Waals surface area contributed by atoms with Crippen LogP contribution < -0.4 is 4.74 Å². The van der Waals surface area contributed by atoms with E-state index in [1.165, 1.54) is 0 Å². The van der Waals surface area contributed by atoms with Crippen LogP contribution in [0, 0.1) is 12.3 Å². The number of aromatic hydroxyl groups is 1. The largest absolute Gasteiger partial charge is 0.507 e. The number of terminal acetylenes is 1. The Labute approximate surface area is 113 Å². The molecule has 0 atom stereocenters. The second kappa shape index (κ2) is 6.51. The summed E-state index contributed by atoms with van der Waals surface area (Å²) in [7, 11) is 0. The van der Waals surface area contributed by atoms with E-state index in [0.717, 1.165) is 17.5 Å². The molecule has 0 aromatic heterocycles. The predicted molar refractivity (Wildman–Crippen MR) is 77.1 cm³/mol. The van der Waals surface area contributed by atoms with Crippen molar-refractivity contribution in [3.05, 3.63) is 48.5 Å². The first-order chi connectivity index (χ1) is 9.31. The van der Waals surface area contributed by atoms with E-state index >= 15 is 0 Å². The minimum absolute atomic E-state index is 0.223. The first-order valence-electron chi connectivity index (χ1n) is 6.26. The Kier molecular flexibility index (Phi) is 4.47. The smallest absolute Gasteiger partial charge is 0.127 e. The van der Waals surface area contributed by atoms with Gasteiger partial charge in [-0.05, 0) is 24.1 Å². The Morgan fingerprint density at radius 3 is 2.58 bits per heavy atom. The molecule has 0 saturated carbocycles. The summed E-state index contributed by atoms with van der Waals surface area (Å²) < 4.78 is 5.52. The number of phenols is 1. The summed E-state index contributed by atoms with van der Waals surface area (Å²) in [6, 6.07) is 15.1. The molecule has 0 aliphatic heterocycles. The molecular weight excluding hydrogens is 236 g/mol. The molecule has 0 fully saturated rings. The fraction of sp³-hybridized carbons (Fsp3) is 0.176. The highest BCUT2D eigenvalue weighted by Crippen LogP contribution is 2.32. The van der Waals surface area contributed by atoms with Crippen molar-refractivity contribution in [3.8, 4) is 35.0 Å². The summed E-state index contributed by atoms with van der Waals surface area (Å²) in [6.07, 6.45) is 6.69. The molecule has 2 heteroatoms. The third-order valence-corrected chi connectivity index (χ3v) is 2.79. The molecular formula is C17H16O2. The number of hydrogen-bond donors (Lipinski definition) is 1. The van der Waals surface area contributed by atoms with E-state index in [1.54, 1.807) is 6.07 Å². The summed E-state index contributed by atoms with van der Waals surface area (Å²) in [5.41, 5.74) is 1.79. The average molecular weight is 252 g/mol. The van der Waals surface area contributed by atoms with Crippen LogP contribution in [0.1, 0.15) is 12.8 Å². The SMILES string of the molecule is C#CCCCOc1ccc(-c2ccccc2)c(O)c1. The standard InChI is InChI=1S/C17H16O2/c1-2-3-7-12-19-15-10-11-16(17(18)13-15)14-8-5-4-6-9-14/h1,4-6,8-11,13,18H,3,7,12H2. The second-order valence-corrected chi connectivity index (χ2v) is 4.20. The zero-order valence-corrected chi connectivity index (χ0v) is 10.7. The second-order valence-electron chi connectivity index (χ2n) is 4.20. The number of unbranched alkanes of at least 4 members (excludes halogenated alkanes) is 1. The maximum Gasteiger partial charge on any atom is 0.127 e. The maximum absolute atomic E-state index is 10.0. The van der Waals surface area contributed by atoms with Crippen molar-refractivity contribution in [2.45, 2.75) is 12.8 Å². The summed E-state index contributed by atoms with van der Waals surface area (Å²) in [5, 5.41) is 10.0. The molecule has 0 aliphatic rings. The number of hydrogen-bond acceptors (Lipinski definition) is 2. The van der Waals surface area contributed by atoms with Crippen LogP contribution in [0.5, 0.6) is 11.5 Å². The molecule has 0 unspecified atom stereocenters. The number of benzene rings is 2. The maximum atomic E-state index is 10.0. The molecule has 2 nitrogen and oxygen atoms in total. The van der Waals surface area contributed by atoms with Gasteiger partial charge in [0.1, 0.15) is 11.5 Å². The van der Waals surface area contributed by atoms with Crippen molar-refractivity contribution in [2.75, 3.05) is 6.61 Å². The summed E-state index contributed by atoms with van der Waals surface area (Å²) >= 11 is 0. The molecule has 2 aromatic rings. The van der Waals surface area contributed by atoms with Gasteiger partial charge in [-0.2, -0.15) is 0 Å². The van der Waals surface area contributed by atoms with Gasteiger partial charge in [0, 0.05) is 18.1 Å². The molecule has 2 aromatic carbocycles. The molecule has 0 heterocycles. The van der Waals surface area contributed by atoms with E-state index < -0.39 is 0 Å². The van der Waals surface area contributed by atoms with Gasteiger partial charge in [0.05, 0.1) is 6.61 Å². The van der Waals surface area contributed by atoms with Crippen LogP contribution in [0.4, 0.5) is 0 Å². The van der Waals surface area contributed by atoms with Crippen molar-refractivity contribution in [1.82, 2.24) is 0 Å². The fourth-order valence-electron chi connectivity index (χ4n) is 1.83. The number of ether oxygens (including phenoxy) is 1. The van der Waals surface area contributed by atoms with Crippen LogP contribution in [0.25, 0.3) is 11.1 Å². The number of rotatable bonds is 5. The lowest BCUT2D eigenvalue weighted by atomic mass is 10.0. The molecule has 96 valence electrons. The lowest BCUT2D eigenvalue weighted by Crippen LogP contribution is -1.96. The fourth-order valence-corrected chi connectivity index (χ4v) is 1.83. The Balaban J connectivity index is 2.08. The van der Waals surface area contributed by atoms with E-state index in [4.69, 9.17) is 11.2 Å². The summed E-state index contributed by atoms with van der Waals surface area (Å²) in [4.78, 5) is 0. The highest BCUT2D eigenvalue weighted by Gasteiger charge is 2.05. The van der Waals surface area contributed by atoms with Crippen LogP contribution in [0.2, 0.25) is 0 Å². The lowest BCUT2D eigenvalue weighted by molar-refractivity contribution is 0.311. The molecule has 0 spiro atoms. The van der Waals surface area contributed by atoms with E-state index in [0.29, 0.717) is 18.8 Å². The zero-order valence-electron chi connectivity index (χ0n) is 10.7. The molecule has 0 amide bonds. The van der Waals surface area contributed by atoms with Crippen molar-refractivity contribution in [2.24, 2.45) is 0 Å². The molecule has 1 N–H and O–H groups in total. The van der Waals surface area contributed by atoms with Gasteiger partial charge in [-0.3, -0.25) is 0 Å². The minimum Gasteiger partial charge on any atom is -0.507 e. The summed E-state index contributed by atoms with van der Waals surface area (Å²) in [6.45, 7) is 0.564. The van der Waals surface area contributed by atoms with Crippen molar-refractivity contribution in [3.63, 3.8) is 0 Å². The Hall–Kier alpha value is -2.40. The lowest BCUT2D eigenvalue weighted by Gasteiger charge is -2.09. The van der Waals surface area contributed by atoms with Gasteiger partial charge in [0.15, 0.2) is 0 Å². The predicted octanol–water partition coefficient (Wildman–Crippen LogP) is 3.85. The van der Waals surface area contributed by atoms with Crippen LogP contribution >= 0.6 is 0 Å². The van der Waals surface area contributed by atoms with Gasteiger partial charge >= 0.3 is 0 Å². The first kappa shape index (κ1) is 13.0. The van der Waals surface area contributed by atoms with Crippen LogP contribution in [0.15, 0.2) is 48.5 Å². The molecule has 19 heavy (non-hydrogen) atoms. The van der Waals surface area contributed by atoms with Gasteiger partial charge in [-0.1, -0.05) is 30.3 Å². The van der Waals surface area contributed by atoms with Gasteiger partial charge in [0.2, 0.25) is 0 Å². The molecule has 0 aliphatic carbocycles. The van der Waals surface area contributed by atoms with E-state index in [-0.39, 0.29) is 5.75 Å². The number of phenolic OH excluding ortho intramolecular Hbond substituents is 1. The third-order valence-electron chi connectivity index (χ3n) is 2.79. The summed E-state index contributed by atoms with van der Waals surface area (Å²) in [5.74, 6) is 3.45. The highest BCUT2D eigenvalue weighted by atomic mass is 16.5. The van der Waals surface area contributed by atoms with E-state index in [2.05, 4.69) is 5.92 Å². The van der Waals surface area contributed by atoms with E-state index in [1.807, 2.05) is 42.5 Å². The molecule has 0 radical (unpaired) electrons. The Morgan fingerprint density at radius 2 is 1.89 bits per heavy atom. The third kappa shape index (κ3) is 3.53. The van der Waals surface area contributed by atoms with Crippen molar-refractivity contribution < 1.29 is 9.84 Å². The van der Waals surface area contributed by atoms with Crippen LogP contribution in [-0.2, 0) is 0 Å². The van der Waals surface area contributed by atoms with Crippen LogP contribution in [0.3, 0.4) is 0 Å².